The quantitative estimate of drug-likeness (QED) is 0.818. The van der Waals surface area contributed by atoms with Crippen molar-refractivity contribution in [1.29, 1.82) is 0 Å². The first-order valence-electron chi connectivity index (χ1n) is 10.0. The van der Waals surface area contributed by atoms with Crippen molar-refractivity contribution in [1.82, 2.24) is 15.0 Å². The van der Waals surface area contributed by atoms with Crippen molar-refractivity contribution in [3.05, 3.63) is 30.0 Å². The SMILES string of the molecule is CN(Cc1noc2ccccc12)C1CCN(C(=O)CC2CCCC2)CC1. The van der Waals surface area contributed by atoms with Gasteiger partial charge in [0.15, 0.2) is 5.58 Å². The van der Waals surface area contributed by atoms with Crippen LogP contribution in [-0.4, -0.2) is 47.0 Å². The first-order chi connectivity index (χ1) is 12.7. The lowest BCUT2D eigenvalue weighted by molar-refractivity contribution is -0.133. The largest absolute Gasteiger partial charge is 0.356 e. The van der Waals surface area contributed by atoms with Crippen molar-refractivity contribution < 1.29 is 9.32 Å². The molecular formula is C21H29N3O2. The summed E-state index contributed by atoms with van der Waals surface area (Å²) in [6, 6.07) is 8.53. The molecule has 1 aliphatic carbocycles. The number of hydrogen-bond acceptors (Lipinski definition) is 4. The summed E-state index contributed by atoms with van der Waals surface area (Å²) in [5, 5.41) is 5.35. The smallest absolute Gasteiger partial charge is 0.222 e. The number of benzene rings is 1. The minimum Gasteiger partial charge on any atom is -0.356 e. The minimum absolute atomic E-state index is 0.375. The van der Waals surface area contributed by atoms with Crippen molar-refractivity contribution in [3.63, 3.8) is 0 Å². The number of rotatable bonds is 5. The Labute approximate surface area is 155 Å². The zero-order valence-corrected chi connectivity index (χ0v) is 15.7. The molecule has 140 valence electrons. The Bertz CT molecular complexity index is 743. The van der Waals surface area contributed by atoms with Gasteiger partial charge in [-0.3, -0.25) is 9.69 Å². The second-order valence-electron chi connectivity index (χ2n) is 8.01. The summed E-state index contributed by atoms with van der Waals surface area (Å²) < 4.78 is 5.42. The van der Waals surface area contributed by atoms with Crippen molar-refractivity contribution >= 4 is 16.9 Å². The van der Waals surface area contributed by atoms with Crippen LogP contribution in [0.4, 0.5) is 0 Å². The van der Waals surface area contributed by atoms with Crippen molar-refractivity contribution in [3.8, 4) is 0 Å². The van der Waals surface area contributed by atoms with E-state index in [-0.39, 0.29) is 0 Å². The van der Waals surface area contributed by atoms with E-state index in [1.165, 1.54) is 25.7 Å². The van der Waals surface area contributed by atoms with Gasteiger partial charge in [-0.2, -0.15) is 0 Å². The Morgan fingerprint density at radius 3 is 2.69 bits per heavy atom. The maximum atomic E-state index is 12.5. The van der Waals surface area contributed by atoms with Gasteiger partial charge in [-0.25, -0.2) is 0 Å². The Kier molecular flexibility index (Phi) is 5.25. The summed E-state index contributed by atoms with van der Waals surface area (Å²) in [7, 11) is 2.16. The lowest BCUT2D eigenvalue weighted by Crippen LogP contribution is -2.45. The van der Waals surface area contributed by atoms with E-state index in [4.69, 9.17) is 4.52 Å². The zero-order chi connectivity index (χ0) is 17.9. The molecule has 5 nitrogen and oxygen atoms in total. The van der Waals surface area contributed by atoms with E-state index in [0.29, 0.717) is 17.9 Å². The maximum Gasteiger partial charge on any atom is 0.222 e. The molecule has 1 aliphatic heterocycles. The molecule has 1 amide bonds. The second kappa shape index (κ2) is 7.78. The zero-order valence-electron chi connectivity index (χ0n) is 15.7. The Balaban J connectivity index is 1.29. The Morgan fingerprint density at radius 1 is 1.19 bits per heavy atom. The molecule has 1 saturated heterocycles. The highest BCUT2D eigenvalue weighted by molar-refractivity contribution is 5.79. The molecule has 2 heterocycles. The molecule has 0 bridgehead atoms. The first-order valence-corrected chi connectivity index (χ1v) is 10.0. The van der Waals surface area contributed by atoms with Crippen LogP contribution in [0.2, 0.25) is 0 Å². The van der Waals surface area contributed by atoms with Gasteiger partial charge in [0.05, 0.1) is 0 Å². The molecule has 26 heavy (non-hydrogen) atoms. The molecule has 0 unspecified atom stereocenters. The topological polar surface area (TPSA) is 49.6 Å². The predicted octanol–water partition coefficient (Wildman–Crippen LogP) is 3.83. The maximum absolute atomic E-state index is 12.5. The van der Waals surface area contributed by atoms with Crippen LogP contribution in [0.1, 0.15) is 50.6 Å². The fraction of sp³-hybridized carbons (Fsp3) is 0.619. The fourth-order valence-electron chi connectivity index (χ4n) is 4.56. The Hall–Kier alpha value is -1.88. The predicted molar refractivity (Wildman–Crippen MR) is 102 cm³/mol. The van der Waals surface area contributed by atoms with E-state index in [1.807, 2.05) is 18.2 Å². The van der Waals surface area contributed by atoms with E-state index in [0.717, 1.165) is 55.6 Å². The third-order valence-corrected chi connectivity index (χ3v) is 6.23. The number of para-hydroxylation sites is 1. The highest BCUT2D eigenvalue weighted by Crippen LogP contribution is 2.29. The summed E-state index contributed by atoms with van der Waals surface area (Å²) in [6.45, 7) is 2.57. The number of aromatic nitrogens is 1. The van der Waals surface area contributed by atoms with Crippen LogP contribution in [0.25, 0.3) is 11.0 Å². The molecule has 2 fully saturated rings. The van der Waals surface area contributed by atoms with E-state index in [9.17, 15) is 4.79 Å². The molecule has 1 saturated carbocycles. The van der Waals surface area contributed by atoms with Gasteiger partial charge in [-0.15, -0.1) is 0 Å². The average Bonchev–Trinajstić information content (AvgIpc) is 3.32. The van der Waals surface area contributed by atoms with E-state index in [2.05, 4.69) is 28.1 Å². The van der Waals surface area contributed by atoms with Gasteiger partial charge < -0.3 is 9.42 Å². The third-order valence-electron chi connectivity index (χ3n) is 6.23. The average molecular weight is 355 g/mol. The molecule has 4 rings (SSSR count). The number of nitrogens with zero attached hydrogens (tertiary/aromatic N) is 3. The van der Waals surface area contributed by atoms with E-state index < -0.39 is 0 Å². The van der Waals surface area contributed by atoms with Gasteiger partial charge in [0, 0.05) is 37.5 Å². The number of carbonyl (C=O) groups is 1. The van der Waals surface area contributed by atoms with Crippen molar-refractivity contribution in [2.75, 3.05) is 20.1 Å². The van der Waals surface area contributed by atoms with Crippen LogP contribution in [0.15, 0.2) is 28.8 Å². The first kappa shape index (κ1) is 17.5. The van der Waals surface area contributed by atoms with Crippen LogP contribution >= 0.6 is 0 Å². The summed E-state index contributed by atoms with van der Waals surface area (Å²) in [5.41, 5.74) is 1.85. The van der Waals surface area contributed by atoms with Crippen molar-refractivity contribution in [2.24, 2.45) is 5.92 Å². The second-order valence-corrected chi connectivity index (χ2v) is 8.01. The fourth-order valence-corrected chi connectivity index (χ4v) is 4.56. The van der Waals surface area contributed by atoms with Gasteiger partial charge >= 0.3 is 0 Å². The van der Waals surface area contributed by atoms with E-state index in [1.54, 1.807) is 0 Å². The van der Waals surface area contributed by atoms with Crippen molar-refractivity contribution in [2.45, 2.75) is 57.5 Å². The molecule has 1 aromatic heterocycles. The van der Waals surface area contributed by atoms with E-state index >= 15 is 0 Å². The molecule has 2 aliphatic rings. The summed E-state index contributed by atoms with van der Waals surface area (Å²) in [6.07, 6.45) is 7.97. The number of piperidine rings is 1. The molecule has 1 aromatic carbocycles. The highest BCUT2D eigenvalue weighted by Gasteiger charge is 2.28. The van der Waals surface area contributed by atoms with Crippen LogP contribution in [0.3, 0.4) is 0 Å². The molecule has 0 spiro atoms. The number of fused-ring (bicyclic) bond motifs is 1. The summed E-state index contributed by atoms with van der Waals surface area (Å²) in [5.74, 6) is 1.02. The number of hydrogen-bond donors (Lipinski definition) is 0. The molecular weight excluding hydrogens is 326 g/mol. The van der Waals surface area contributed by atoms with Gasteiger partial charge in [-0.1, -0.05) is 30.1 Å². The van der Waals surface area contributed by atoms with Gasteiger partial charge in [0.1, 0.15) is 5.69 Å². The minimum atomic E-state index is 0.375. The molecule has 2 aromatic rings. The van der Waals surface area contributed by atoms with Crippen LogP contribution in [-0.2, 0) is 11.3 Å². The van der Waals surface area contributed by atoms with Crippen LogP contribution < -0.4 is 0 Å². The number of likely N-dealkylation sites (tertiary alicyclic amines) is 1. The molecule has 0 atom stereocenters. The highest BCUT2D eigenvalue weighted by atomic mass is 16.5. The number of carbonyl (C=O) groups excluding carboxylic acids is 1. The molecule has 0 radical (unpaired) electrons. The van der Waals surface area contributed by atoms with Crippen LogP contribution in [0, 0.1) is 5.92 Å². The van der Waals surface area contributed by atoms with Gasteiger partial charge in [0.2, 0.25) is 5.91 Å². The normalized spacial score (nSPS) is 19.7. The van der Waals surface area contributed by atoms with Gasteiger partial charge in [0.25, 0.3) is 0 Å². The van der Waals surface area contributed by atoms with Gasteiger partial charge in [-0.05, 0) is 50.8 Å². The summed E-state index contributed by atoms with van der Waals surface area (Å²) >= 11 is 0. The number of amides is 1. The molecule has 5 heteroatoms. The Morgan fingerprint density at radius 2 is 1.92 bits per heavy atom. The van der Waals surface area contributed by atoms with Crippen LogP contribution in [0.5, 0.6) is 0 Å². The standard InChI is InChI=1S/C21H29N3O2/c1-23(15-19-18-8-4-5-9-20(18)26-22-19)17-10-12-24(13-11-17)21(25)14-16-6-2-3-7-16/h4-5,8-9,16-17H,2-3,6-7,10-15H2,1H3. The lowest BCUT2D eigenvalue weighted by Gasteiger charge is -2.37. The summed E-state index contributed by atoms with van der Waals surface area (Å²) in [4.78, 5) is 17.0. The molecule has 0 N–H and O–H groups in total. The lowest BCUT2D eigenvalue weighted by atomic mass is 10.00. The third kappa shape index (κ3) is 3.78. The monoisotopic (exact) mass is 355 g/mol.